The molecule has 0 unspecified atom stereocenters. The summed E-state index contributed by atoms with van der Waals surface area (Å²) in [6, 6.07) is 22.5. The number of rotatable bonds is 6. The first kappa shape index (κ1) is 19.7. The van der Waals surface area contributed by atoms with Gasteiger partial charge in [0.2, 0.25) is 0 Å². The smallest absolute Gasteiger partial charge is 0.0849 e. The van der Waals surface area contributed by atoms with Gasteiger partial charge in [0, 0.05) is 0 Å². The number of para-hydroxylation sites is 2. The summed E-state index contributed by atoms with van der Waals surface area (Å²) in [5.41, 5.74) is 8.07. The van der Waals surface area contributed by atoms with Gasteiger partial charge in [-0.05, 0) is 62.1 Å². The molecule has 28 heavy (non-hydrogen) atoms. The predicted molar refractivity (Wildman–Crippen MR) is 120 cm³/mol. The predicted octanol–water partition coefficient (Wildman–Crippen LogP) is 6.49. The van der Waals surface area contributed by atoms with Crippen LogP contribution in [0.15, 0.2) is 76.7 Å². The molecule has 0 aliphatic carbocycles. The van der Waals surface area contributed by atoms with E-state index in [0.29, 0.717) is 0 Å². The monoisotopic (exact) mass is 369 g/mol. The summed E-state index contributed by atoms with van der Waals surface area (Å²) < 4.78 is 0. The molecule has 0 fully saturated rings. The van der Waals surface area contributed by atoms with Crippen molar-refractivity contribution < 1.29 is 0 Å². The standard InChI is InChI=1S/C25H27N3/c1-5-20-12-7-9-14-24(20)26-18(3)22-16-11-17-23(28-22)19(4)27-25-15-10-8-13-21(25)6-2/h7-17H,5-6H2,1-4H3. The van der Waals surface area contributed by atoms with Gasteiger partial charge in [0.05, 0.1) is 34.2 Å². The van der Waals surface area contributed by atoms with Crippen LogP contribution in [0.2, 0.25) is 0 Å². The van der Waals surface area contributed by atoms with Crippen molar-refractivity contribution in [3.63, 3.8) is 0 Å². The number of pyridine rings is 1. The molecule has 3 nitrogen and oxygen atoms in total. The molecular weight excluding hydrogens is 342 g/mol. The van der Waals surface area contributed by atoms with Crippen molar-refractivity contribution in [1.29, 1.82) is 0 Å². The summed E-state index contributed by atoms with van der Waals surface area (Å²) >= 11 is 0. The number of aryl methyl sites for hydroxylation is 2. The summed E-state index contributed by atoms with van der Waals surface area (Å²) in [6.07, 6.45) is 1.92. The Morgan fingerprint density at radius 2 is 1.07 bits per heavy atom. The van der Waals surface area contributed by atoms with Crippen LogP contribution in [0, 0.1) is 0 Å². The number of hydrogen-bond donors (Lipinski definition) is 0. The maximum atomic E-state index is 4.83. The molecule has 0 saturated heterocycles. The van der Waals surface area contributed by atoms with Gasteiger partial charge in [-0.15, -0.1) is 0 Å². The molecule has 0 amide bonds. The second-order valence-corrected chi connectivity index (χ2v) is 6.77. The van der Waals surface area contributed by atoms with Crippen molar-refractivity contribution in [2.45, 2.75) is 40.5 Å². The van der Waals surface area contributed by atoms with E-state index in [1.54, 1.807) is 0 Å². The van der Waals surface area contributed by atoms with E-state index in [4.69, 9.17) is 15.0 Å². The van der Waals surface area contributed by atoms with Crippen LogP contribution in [0.4, 0.5) is 11.4 Å². The highest BCUT2D eigenvalue weighted by atomic mass is 14.8. The molecular formula is C25H27N3. The first-order chi connectivity index (χ1) is 13.6. The fraction of sp³-hybridized carbons (Fsp3) is 0.240. The van der Waals surface area contributed by atoms with Crippen LogP contribution in [0.1, 0.15) is 50.2 Å². The number of benzene rings is 2. The zero-order chi connectivity index (χ0) is 19.9. The van der Waals surface area contributed by atoms with Gasteiger partial charge in [-0.2, -0.15) is 0 Å². The molecule has 3 heteroatoms. The molecule has 0 saturated carbocycles. The van der Waals surface area contributed by atoms with Gasteiger partial charge in [0.1, 0.15) is 0 Å². The minimum atomic E-state index is 0.877. The minimum absolute atomic E-state index is 0.877. The summed E-state index contributed by atoms with van der Waals surface area (Å²) in [7, 11) is 0. The van der Waals surface area contributed by atoms with Gasteiger partial charge < -0.3 is 0 Å². The summed E-state index contributed by atoms with van der Waals surface area (Å²) in [6.45, 7) is 8.32. The van der Waals surface area contributed by atoms with Crippen LogP contribution in [0.5, 0.6) is 0 Å². The third-order valence-corrected chi connectivity index (χ3v) is 4.81. The third kappa shape index (κ3) is 4.61. The maximum absolute atomic E-state index is 4.83. The van der Waals surface area contributed by atoms with Crippen molar-refractivity contribution in [3.8, 4) is 0 Å². The van der Waals surface area contributed by atoms with Crippen molar-refractivity contribution in [2.75, 3.05) is 0 Å². The number of hydrogen-bond acceptors (Lipinski definition) is 3. The van der Waals surface area contributed by atoms with E-state index in [0.717, 1.165) is 47.0 Å². The SMILES string of the molecule is CCc1ccccc1N=C(C)c1cccc(C(C)=Nc2ccccc2CC)n1. The zero-order valence-electron chi connectivity index (χ0n) is 17.1. The van der Waals surface area contributed by atoms with Crippen LogP contribution in [-0.2, 0) is 12.8 Å². The van der Waals surface area contributed by atoms with Crippen molar-refractivity contribution in [1.82, 2.24) is 4.98 Å². The Morgan fingerprint density at radius 3 is 1.50 bits per heavy atom. The molecule has 0 aliphatic rings. The number of aromatic nitrogens is 1. The van der Waals surface area contributed by atoms with E-state index >= 15 is 0 Å². The Kier molecular flexibility index (Phi) is 6.49. The second kappa shape index (κ2) is 9.23. The Labute approximate surface area is 167 Å². The highest BCUT2D eigenvalue weighted by Crippen LogP contribution is 2.22. The number of nitrogens with zero attached hydrogens (tertiary/aromatic N) is 3. The lowest BCUT2D eigenvalue weighted by Crippen LogP contribution is -2.05. The Bertz CT molecular complexity index is 937. The lowest BCUT2D eigenvalue weighted by molar-refractivity contribution is 1.13. The zero-order valence-corrected chi connectivity index (χ0v) is 17.1. The first-order valence-electron chi connectivity index (χ1n) is 9.86. The van der Waals surface area contributed by atoms with E-state index in [2.05, 4.69) is 50.2 Å². The van der Waals surface area contributed by atoms with Crippen LogP contribution in [-0.4, -0.2) is 16.4 Å². The Morgan fingerprint density at radius 1 is 0.643 bits per heavy atom. The second-order valence-electron chi connectivity index (χ2n) is 6.77. The average Bonchev–Trinajstić information content (AvgIpc) is 2.74. The highest BCUT2D eigenvalue weighted by Gasteiger charge is 2.07. The average molecular weight is 370 g/mol. The molecule has 1 heterocycles. The molecule has 2 aromatic carbocycles. The minimum Gasteiger partial charge on any atom is -0.251 e. The van der Waals surface area contributed by atoms with Gasteiger partial charge in [0.15, 0.2) is 0 Å². The quantitative estimate of drug-likeness (QED) is 0.458. The highest BCUT2D eigenvalue weighted by molar-refractivity contribution is 6.02. The molecule has 3 rings (SSSR count). The van der Waals surface area contributed by atoms with E-state index in [1.807, 2.05) is 44.2 Å². The molecule has 3 aromatic rings. The molecule has 0 atom stereocenters. The molecule has 0 aliphatic heterocycles. The van der Waals surface area contributed by atoms with Crippen molar-refractivity contribution >= 4 is 22.8 Å². The van der Waals surface area contributed by atoms with Gasteiger partial charge in [-0.1, -0.05) is 56.3 Å². The summed E-state index contributed by atoms with van der Waals surface area (Å²) in [5, 5.41) is 0. The normalized spacial score (nSPS) is 12.3. The van der Waals surface area contributed by atoms with Gasteiger partial charge >= 0.3 is 0 Å². The summed E-state index contributed by atoms with van der Waals surface area (Å²) in [4.78, 5) is 14.5. The van der Waals surface area contributed by atoms with Gasteiger partial charge in [-0.3, -0.25) is 9.98 Å². The van der Waals surface area contributed by atoms with E-state index < -0.39 is 0 Å². The molecule has 0 spiro atoms. The molecule has 0 bridgehead atoms. The first-order valence-corrected chi connectivity index (χ1v) is 9.86. The topological polar surface area (TPSA) is 37.6 Å². The fourth-order valence-electron chi connectivity index (χ4n) is 3.15. The van der Waals surface area contributed by atoms with Crippen LogP contribution in [0.25, 0.3) is 0 Å². The van der Waals surface area contributed by atoms with Gasteiger partial charge in [0.25, 0.3) is 0 Å². The lowest BCUT2D eigenvalue weighted by Gasteiger charge is -2.08. The molecule has 1 aromatic heterocycles. The molecule has 142 valence electrons. The fourth-order valence-corrected chi connectivity index (χ4v) is 3.15. The lowest BCUT2D eigenvalue weighted by atomic mass is 10.1. The summed E-state index contributed by atoms with van der Waals surface area (Å²) in [5.74, 6) is 0. The van der Waals surface area contributed by atoms with E-state index in [-0.39, 0.29) is 0 Å². The van der Waals surface area contributed by atoms with E-state index in [1.165, 1.54) is 11.1 Å². The Hall–Kier alpha value is -3.07. The third-order valence-electron chi connectivity index (χ3n) is 4.81. The van der Waals surface area contributed by atoms with Crippen molar-refractivity contribution in [2.24, 2.45) is 9.98 Å². The molecule has 0 N–H and O–H groups in total. The maximum Gasteiger partial charge on any atom is 0.0849 e. The van der Waals surface area contributed by atoms with Crippen LogP contribution in [0.3, 0.4) is 0 Å². The largest absolute Gasteiger partial charge is 0.251 e. The van der Waals surface area contributed by atoms with E-state index in [9.17, 15) is 0 Å². The van der Waals surface area contributed by atoms with Crippen LogP contribution < -0.4 is 0 Å². The van der Waals surface area contributed by atoms with Gasteiger partial charge in [-0.25, -0.2) is 4.98 Å². The number of aliphatic imine (C=N–C) groups is 2. The molecule has 0 radical (unpaired) electrons. The Balaban J connectivity index is 1.93. The van der Waals surface area contributed by atoms with Crippen LogP contribution >= 0.6 is 0 Å². The van der Waals surface area contributed by atoms with Crippen molar-refractivity contribution in [3.05, 3.63) is 89.2 Å².